The van der Waals surface area contributed by atoms with Gasteiger partial charge in [0.25, 0.3) is 0 Å². The molecule has 0 radical (unpaired) electrons. The highest BCUT2D eigenvalue weighted by Gasteiger charge is 2.28. The van der Waals surface area contributed by atoms with E-state index in [1.54, 1.807) is 13.8 Å². The van der Waals surface area contributed by atoms with Crippen molar-refractivity contribution in [3.05, 3.63) is 18.3 Å². The van der Waals surface area contributed by atoms with Gasteiger partial charge in [-0.15, -0.1) is 0 Å². The summed E-state index contributed by atoms with van der Waals surface area (Å²) in [6, 6.07) is 1.96. The van der Waals surface area contributed by atoms with Crippen LogP contribution in [0.15, 0.2) is 18.3 Å². The number of alkyl halides is 3. The summed E-state index contributed by atoms with van der Waals surface area (Å²) in [6.45, 7) is 2.19. The number of carbonyl (C=O) groups is 1. The molecule has 1 atom stereocenters. The van der Waals surface area contributed by atoms with E-state index >= 15 is 0 Å². The Morgan fingerprint density at radius 3 is 2.55 bits per heavy atom. The zero-order valence-electron chi connectivity index (χ0n) is 11.1. The zero-order valence-corrected chi connectivity index (χ0v) is 11.1. The largest absolute Gasteiger partial charge is 0.468 e. The lowest BCUT2D eigenvalue weighted by atomic mass is 10.1. The van der Waals surface area contributed by atoms with Gasteiger partial charge in [-0.25, -0.2) is 4.98 Å². The van der Waals surface area contributed by atoms with Gasteiger partial charge in [-0.2, -0.15) is 13.2 Å². The lowest BCUT2D eigenvalue weighted by molar-refractivity contribution is -0.154. The molecule has 20 heavy (non-hydrogen) atoms. The molecule has 0 saturated heterocycles. The Bertz CT molecular complexity index is 446. The number of nitrogens with one attached hydrogen (secondary N) is 1. The fourth-order valence-corrected chi connectivity index (χ4v) is 1.22. The molecule has 0 spiro atoms. The molecular formula is C12H16F3N3O2. The van der Waals surface area contributed by atoms with Crippen LogP contribution in [0.1, 0.15) is 13.8 Å². The third kappa shape index (κ3) is 5.43. The lowest BCUT2D eigenvalue weighted by Gasteiger charge is -2.15. The molecule has 1 amide bonds. The summed E-state index contributed by atoms with van der Waals surface area (Å²) < 4.78 is 40.2. The van der Waals surface area contributed by atoms with Gasteiger partial charge in [0.1, 0.15) is 0 Å². The summed E-state index contributed by atoms with van der Waals surface area (Å²) >= 11 is 0. The summed E-state index contributed by atoms with van der Waals surface area (Å²) in [5.41, 5.74) is 5.99. The maximum Gasteiger partial charge on any atom is 0.422 e. The number of halogens is 3. The van der Waals surface area contributed by atoms with Crippen molar-refractivity contribution < 1.29 is 22.7 Å². The van der Waals surface area contributed by atoms with E-state index in [0.29, 0.717) is 5.69 Å². The Hall–Kier alpha value is -1.83. The number of aromatic nitrogens is 1. The van der Waals surface area contributed by atoms with Crippen molar-refractivity contribution in [3.63, 3.8) is 0 Å². The fraction of sp³-hybridized carbons (Fsp3) is 0.500. The maximum absolute atomic E-state index is 11.9. The highest BCUT2D eigenvalue weighted by Crippen LogP contribution is 2.18. The standard InChI is InChI=1S/C12H16F3N3O2/c1-7(2)10(16)11(19)18-8-3-4-9(17-5-8)20-6-12(13,14)15/h3-5,7,10H,6,16H2,1-2H3,(H,18,19)/t10-/m0/s1. The van der Waals surface area contributed by atoms with Crippen LogP contribution < -0.4 is 15.8 Å². The van der Waals surface area contributed by atoms with Gasteiger partial charge < -0.3 is 15.8 Å². The monoisotopic (exact) mass is 291 g/mol. The number of nitrogens with zero attached hydrogens (tertiary/aromatic N) is 1. The third-order valence-electron chi connectivity index (χ3n) is 2.41. The van der Waals surface area contributed by atoms with Crippen LogP contribution >= 0.6 is 0 Å². The number of hydrogen-bond acceptors (Lipinski definition) is 4. The zero-order chi connectivity index (χ0) is 15.3. The molecule has 3 N–H and O–H groups in total. The number of carbonyl (C=O) groups excluding carboxylic acids is 1. The first-order valence-corrected chi connectivity index (χ1v) is 5.91. The van der Waals surface area contributed by atoms with Crippen LogP contribution in [-0.4, -0.2) is 29.7 Å². The van der Waals surface area contributed by atoms with Crippen LogP contribution in [0.25, 0.3) is 0 Å². The molecule has 0 fully saturated rings. The Morgan fingerprint density at radius 1 is 1.45 bits per heavy atom. The smallest absolute Gasteiger partial charge is 0.422 e. The molecule has 1 aromatic heterocycles. The Balaban J connectivity index is 2.57. The topological polar surface area (TPSA) is 77.2 Å². The van der Waals surface area contributed by atoms with Crippen LogP contribution in [0.3, 0.4) is 0 Å². The second-order valence-electron chi connectivity index (χ2n) is 4.55. The van der Waals surface area contributed by atoms with Gasteiger partial charge in [0.2, 0.25) is 11.8 Å². The summed E-state index contributed by atoms with van der Waals surface area (Å²) in [7, 11) is 0. The number of rotatable bonds is 5. The van der Waals surface area contributed by atoms with Crippen molar-refractivity contribution in [1.82, 2.24) is 4.98 Å². The molecule has 5 nitrogen and oxygen atoms in total. The minimum Gasteiger partial charge on any atom is -0.468 e. The molecule has 0 unspecified atom stereocenters. The number of hydrogen-bond donors (Lipinski definition) is 2. The van der Waals surface area contributed by atoms with Gasteiger partial charge in [-0.1, -0.05) is 13.8 Å². The fourth-order valence-electron chi connectivity index (χ4n) is 1.22. The average molecular weight is 291 g/mol. The molecule has 1 aromatic rings. The van der Waals surface area contributed by atoms with Gasteiger partial charge in [-0.3, -0.25) is 4.79 Å². The molecule has 0 bridgehead atoms. The summed E-state index contributed by atoms with van der Waals surface area (Å²) in [5.74, 6) is -0.586. The van der Waals surface area contributed by atoms with Crippen molar-refractivity contribution in [2.24, 2.45) is 11.7 Å². The Labute approximate surface area is 114 Å². The van der Waals surface area contributed by atoms with Crippen molar-refractivity contribution in [2.45, 2.75) is 26.1 Å². The first kappa shape index (κ1) is 16.2. The summed E-state index contributed by atoms with van der Waals surface area (Å²) in [5, 5.41) is 2.52. The molecule has 0 aliphatic rings. The normalized spacial score (nSPS) is 13.2. The number of ether oxygens (including phenoxy) is 1. The molecular weight excluding hydrogens is 275 g/mol. The summed E-state index contributed by atoms with van der Waals surface area (Å²) in [6.07, 6.45) is -3.21. The Morgan fingerprint density at radius 2 is 2.10 bits per heavy atom. The molecule has 0 aliphatic heterocycles. The highest BCUT2D eigenvalue weighted by molar-refractivity contribution is 5.94. The van der Waals surface area contributed by atoms with Crippen molar-refractivity contribution in [1.29, 1.82) is 0 Å². The third-order valence-corrected chi connectivity index (χ3v) is 2.41. The molecule has 112 valence electrons. The van der Waals surface area contributed by atoms with Crippen molar-refractivity contribution >= 4 is 11.6 Å². The number of amides is 1. The molecule has 0 aromatic carbocycles. The van der Waals surface area contributed by atoms with E-state index < -0.39 is 18.8 Å². The van der Waals surface area contributed by atoms with E-state index in [9.17, 15) is 18.0 Å². The second kappa shape index (κ2) is 6.56. The highest BCUT2D eigenvalue weighted by atomic mass is 19.4. The first-order valence-electron chi connectivity index (χ1n) is 5.91. The van der Waals surface area contributed by atoms with E-state index in [2.05, 4.69) is 15.0 Å². The van der Waals surface area contributed by atoms with Crippen LogP contribution in [0.5, 0.6) is 5.88 Å². The minimum atomic E-state index is -4.42. The van der Waals surface area contributed by atoms with E-state index in [1.165, 1.54) is 18.3 Å². The maximum atomic E-state index is 11.9. The first-order chi connectivity index (χ1) is 9.19. The van der Waals surface area contributed by atoms with E-state index in [0.717, 1.165) is 0 Å². The molecule has 0 saturated carbocycles. The van der Waals surface area contributed by atoms with Crippen LogP contribution in [-0.2, 0) is 4.79 Å². The lowest BCUT2D eigenvalue weighted by Crippen LogP contribution is -2.39. The van der Waals surface area contributed by atoms with Gasteiger partial charge in [0.05, 0.1) is 17.9 Å². The van der Waals surface area contributed by atoms with E-state index in [-0.39, 0.29) is 17.7 Å². The van der Waals surface area contributed by atoms with Crippen molar-refractivity contribution in [2.75, 3.05) is 11.9 Å². The minimum absolute atomic E-state index is 0.0302. The van der Waals surface area contributed by atoms with Gasteiger partial charge in [0, 0.05) is 6.07 Å². The predicted molar refractivity (Wildman–Crippen MR) is 67.2 cm³/mol. The molecule has 8 heteroatoms. The SMILES string of the molecule is CC(C)[C@H](N)C(=O)Nc1ccc(OCC(F)(F)F)nc1. The predicted octanol–water partition coefficient (Wildman–Crippen LogP) is 1.94. The molecule has 1 heterocycles. The second-order valence-corrected chi connectivity index (χ2v) is 4.55. The Kier molecular flexibility index (Phi) is 5.32. The summed E-state index contributed by atoms with van der Waals surface area (Å²) in [4.78, 5) is 15.3. The average Bonchev–Trinajstić information content (AvgIpc) is 2.36. The van der Waals surface area contributed by atoms with Gasteiger partial charge in [-0.05, 0) is 12.0 Å². The van der Waals surface area contributed by atoms with Crippen LogP contribution in [0.2, 0.25) is 0 Å². The number of anilines is 1. The van der Waals surface area contributed by atoms with Crippen molar-refractivity contribution in [3.8, 4) is 5.88 Å². The van der Waals surface area contributed by atoms with E-state index in [4.69, 9.17) is 5.73 Å². The molecule has 0 aliphatic carbocycles. The van der Waals surface area contributed by atoms with Crippen LogP contribution in [0, 0.1) is 5.92 Å². The van der Waals surface area contributed by atoms with Crippen LogP contribution in [0.4, 0.5) is 18.9 Å². The quantitative estimate of drug-likeness (QED) is 0.869. The number of nitrogens with two attached hydrogens (primary N) is 1. The van der Waals surface area contributed by atoms with Gasteiger partial charge in [0.15, 0.2) is 6.61 Å². The number of pyridine rings is 1. The van der Waals surface area contributed by atoms with E-state index in [1.807, 2.05) is 0 Å². The molecule has 1 rings (SSSR count). The van der Waals surface area contributed by atoms with Gasteiger partial charge >= 0.3 is 6.18 Å².